The topological polar surface area (TPSA) is 20.2 Å². The van der Waals surface area contributed by atoms with Crippen LogP contribution < -0.4 is 0 Å². The average Bonchev–Trinajstić information content (AvgIpc) is 2.67. The molecule has 1 heterocycles. The molecule has 2 aromatic rings. The molecule has 0 amide bonds. The van der Waals surface area contributed by atoms with Crippen LogP contribution >= 0.6 is 43.2 Å². The third-order valence-corrected chi connectivity index (χ3v) is 4.62. The van der Waals surface area contributed by atoms with Gasteiger partial charge in [0.2, 0.25) is 0 Å². The molecule has 1 nitrogen and oxygen atoms in total. The van der Waals surface area contributed by atoms with Gasteiger partial charge in [-0.3, -0.25) is 0 Å². The highest BCUT2D eigenvalue weighted by Gasteiger charge is 2.08. The monoisotopic (exact) mass is 374 g/mol. The summed E-state index contributed by atoms with van der Waals surface area (Å²) in [6, 6.07) is 12.2. The van der Waals surface area contributed by atoms with Crippen molar-refractivity contribution in [3.8, 4) is 0 Å². The first-order valence-electron chi connectivity index (χ1n) is 5.30. The summed E-state index contributed by atoms with van der Waals surface area (Å²) in [6.07, 6.45) is 1.09. The fraction of sp³-hybridized carbons (Fsp3) is 0.231. The van der Waals surface area contributed by atoms with Crippen molar-refractivity contribution in [2.24, 2.45) is 0 Å². The minimum Gasteiger partial charge on any atom is -0.392 e. The van der Waals surface area contributed by atoms with Gasteiger partial charge in [0, 0.05) is 15.8 Å². The second-order valence-electron chi connectivity index (χ2n) is 3.89. The second-order valence-corrected chi connectivity index (χ2v) is 7.36. The Labute approximate surface area is 122 Å². The number of halogens is 2. The third-order valence-electron chi connectivity index (χ3n) is 2.45. The molecular weight excluding hydrogens is 364 g/mol. The zero-order valence-corrected chi connectivity index (χ0v) is 13.1. The van der Waals surface area contributed by atoms with Crippen LogP contribution in [-0.2, 0) is 12.8 Å². The number of thiophene rings is 1. The second kappa shape index (κ2) is 6.14. The summed E-state index contributed by atoms with van der Waals surface area (Å²) < 4.78 is 2.18. The molecule has 0 radical (unpaired) electrons. The molecule has 1 N–H and O–H groups in total. The van der Waals surface area contributed by atoms with Gasteiger partial charge in [-0.25, -0.2) is 0 Å². The van der Waals surface area contributed by atoms with Crippen molar-refractivity contribution in [2.75, 3.05) is 0 Å². The zero-order chi connectivity index (χ0) is 12.3. The molecule has 2 rings (SSSR count). The summed E-state index contributed by atoms with van der Waals surface area (Å²) in [7, 11) is 0. The zero-order valence-electron chi connectivity index (χ0n) is 9.07. The Morgan fingerprint density at radius 1 is 1.00 bits per heavy atom. The Hall–Kier alpha value is -0.160. The summed E-state index contributed by atoms with van der Waals surface area (Å²) in [5.74, 6) is 0. The summed E-state index contributed by atoms with van der Waals surface area (Å²) in [5.41, 5.74) is 1.16. The molecule has 1 unspecified atom stereocenters. The van der Waals surface area contributed by atoms with Gasteiger partial charge in [0.25, 0.3) is 0 Å². The molecule has 0 aliphatic heterocycles. The Morgan fingerprint density at radius 3 is 2.29 bits per heavy atom. The summed E-state index contributed by atoms with van der Waals surface area (Å²) >= 11 is 8.51. The summed E-state index contributed by atoms with van der Waals surface area (Å²) in [5, 5.41) is 10.0. The van der Waals surface area contributed by atoms with E-state index in [9.17, 15) is 5.11 Å². The minimum absolute atomic E-state index is 0.318. The maximum Gasteiger partial charge on any atom is 0.0701 e. The van der Waals surface area contributed by atoms with Crippen LogP contribution in [0, 0.1) is 0 Å². The minimum atomic E-state index is -0.318. The van der Waals surface area contributed by atoms with Crippen LogP contribution in [0.2, 0.25) is 0 Å². The molecule has 0 saturated heterocycles. The number of hydrogen-bond donors (Lipinski definition) is 1. The van der Waals surface area contributed by atoms with E-state index in [2.05, 4.69) is 37.9 Å². The average molecular weight is 376 g/mol. The van der Waals surface area contributed by atoms with Crippen LogP contribution in [-0.4, -0.2) is 11.2 Å². The molecule has 1 aromatic carbocycles. The van der Waals surface area contributed by atoms with Crippen molar-refractivity contribution in [1.29, 1.82) is 0 Å². The van der Waals surface area contributed by atoms with Crippen LogP contribution in [0.4, 0.5) is 0 Å². The van der Waals surface area contributed by atoms with E-state index in [4.69, 9.17) is 0 Å². The predicted molar refractivity (Wildman–Crippen MR) is 79.6 cm³/mol. The van der Waals surface area contributed by atoms with E-state index in [1.807, 2.05) is 30.3 Å². The Kier molecular flexibility index (Phi) is 4.79. The van der Waals surface area contributed by atoms with Crippen molar-refractivity contribution >= 4 is 43.2 Å². The number of aliphatic hydroxyl groups is 1. The van der Waals surface area contributed by atoms with Crippen LogP contribution in [0.25, 0.3) is 0 Å². The lowest BCUT2D eigenvalue weighted by atomic mass is 10.1. The maximum atomic E-state index is 10.0. The van der Waals surface area contributed by atoms with Crippen molar-refractivity contribution < 1.29 is 5.11 Å². The van der Waals surface area contributed by atoms with E-state index in [0.29, 0.717) is 12.8 Å². The molecule has 90 valence electrons. The van der Waals surface area contributed by atoms with Crippen molar-refractivity contribution in [3.63, 3.8) is 0 Å². The Balaban J connectivity index is 1.93. The van der Waals surface area contributed by atoms with Gasteiger partial charge >= 0.3 is 0 Å². The van der Waals surface area contributed by atoms with Gasteiger partial charge in [-0.05, 0) is 52.2 Å². The van der Waals surface area contributed by atoms with Gasteiger partial charge in [0.05, 0.1) is 9.89 Å². The molecule has 0 aliphatic rings. The summed E-state index contributed by atoms with van der Waals surface area (Å²) in [4.78, 5) is 1.21. The molecule has 0 bridgehead atoms. The highest BCUT2D eigenvalue weighted by molar-refractivity contribution is 9.11. The lowest BCUT2D eigenvalue weighted by molar-refractivity contribution is 0.176. The van der Waals surface area contributed by atoms with Gasteiger partial charge < -0.3 is 5.11 Å². The smallest absolute Gasteiger partial charge is 0.0701 e. The van der Waals surface area contributed by atoms with Crippen molar-refractivity contribution in [2.45, 2.75) is 18.9 Å². The van der Waals surface area contributed by atoms with Crippen LogP contribution in [0.3, 0.4) is 0 Å². The first-order valence-corrected chi connectivity index (χ1v) is 7.70. The third kappa shape index (κ3) is 4.21. The van der Waals surface area contributed by atoms with E-state index < -0.39 is 0 Å². The fourth-order valence-electron chi connectivity index (χ4n) is 1.66. The van der Waals surface area contributed by atoms with Gasteiger partial charge in [-0.2, -0.15) is 0 Å². The molecule has 17 heavy (non-hydrogen) atoms. The van der Waals surface area contributed by atoms with E-state index >= 15 is 0 Å². The van der Waals surface area contributed by atoms with Crippen LogP contribution in [0.1, 0.15) is 10.4 Å². The molecule has 0 fully saturated rings. The summed E-state index contributed by atoms with van der Waals surface area (Å²) in [6.45, 7) is 0. The maximum absolute atomic E-state index is 10.0. The Morgan fingerprint density at radius 2 is 1.71 bits per heavy atom. The standard InChI is InChI=1S/C13H12Br2OS/c14-10-3-1-9(2-4-10)7-11(16)8-12-5-6-13(15)17-12/h1-6,11,16H,7-8H2. The first-order chi connectivity index (χ1) is 8.13. The van der Waals surface area contributed by atoms with Crippen LogP contribution in [0.5, 0.6) is 0 Å². The van der Waals surface area contributed by atoms with Crippen molar-refractivity contribution in [1.82, 2.24) is 0 Å². The lowest BCUT2D eigenvalue weighted by Crippen LogP contribution is -2.12. The number of rotatable bonds is 4. The lowest BCUT2D eigenvalue weighted by Gasteiger charge is -2.09. The number of benzene rings is 1. The van der Waals surface area contributed by atoms with Crippen LogP contribution in [0.15, 0.2) is 44.7 Å². The highest BCUT2D eigenvalue weighted by atomic mass is 79.9. The largest absolute Gasteiger partial charge is 0.392 e. The highest BCUT2D eigenvalue weighted by Crippen LogP contribution is 2.23. The van der Waals surface area contributed by atoms with Gasteiger partial charge in [-0.1, -0.05) is 28.1 Å². The SMILES string of the molecule is OC(Cc1ccc(Br)cc1)Cc1ccc(Br)s1. The van der Waals surface area contributed by atoms with Gasteiger partial charge in [0.15, 0.2) is 0 Å². The van der Waals surface area contributed by atoms with E-state index in [1.54, 1.807) is 11.3 Å². The predicted octanol–water partition coefficient (Wildman–Crippen LogP) is 4.42. The van der Waals surface area contributed by atoms with E-state index in [-0.39, 0.29) is 6.10 Å². The Bertz CT molecular complexity index is 478. The van der Waals surface area contributed by atoms with E-state index in [0.717, 1.165) is 13.8 Å². The first kappa shape index (κ1) is 13.3. The molecular formula is C13H12Br2OS. The number of hydrogen-bond acceptors (Lipinski definition) is 2. The molecule has 1 atom stereocenters. The molecule has 0 spiro atoms. The number of aliphatic hydroxyl groups excluding tert-OH is 1. The molecule has 0 aliphatic carbocycles. The van der Waals surface area contributed by atoms with Gasteiger partial charge in [0.1, 0.15) is 0 Å². The molecule has 1 aromatic heterocycles. The quantitative estimate of drug-likeness (QED) is 0.838. The normalized spacial score (nSPS) is 12.6. The molecule has 0 saturated carbocycles. The van der Waals surface area contributed by atoms with Gasteiger partial charge in [-0.15, -0.1) is 11.3 Å². The van der Waals surface area contributed by atoms with Crippen molar-refractivity contribution in [3.05, 3.63) is 55.1 Å². The molecule has 4 heteroatoms. The fourth-order valence-corrected chi connectivity index (χ4v) is 3.48. The van der Waals surface area contributed by atoms with E-state index in [1.165, 1.54) is 4.88 Å².